The predicted octanol–water partition coefficient (Wildman–Crippen LogP) is 1.64. The first-order valence-electron chi connectivity index (χ1n) is 5.16. The molecule has 92 valence electrons. The lowest BCUT2D eigenvalue weighted by Crippen LogP contribution is -2.47. The minimum Gasteiger partial charge on any atom is -0.377 e. The maximum atomic E-state index is 12.2. The van der Waals surface area contributed by atoms with E-state index in [0.29, 0.717) is 19.8 Å². The second kappa shape index (κ2) is 5.16. The quantitative estimate of drug-likeness (QED) is 0.578. The van der Waals surface area contributed by atoms with Crippen LogP contribution < -0.4 is 0 Å². The minimum absolute atomic E-state index is 0.0167. The third-order valence-corrected chi connectivity index (χ3v) is 3.04. The van der Waals surface area contributed by atoms with Gasteiger partial charge in [0.25, 0.3) is 5.91 Å². The highest BCUT2D eigenvalue weighted by Gasteiger charge is 2.26. The lowest BCUT2D eigenvalue weighted by atomic mass is 10.2. The number of morpholine rings is 1. The molecule has 2 heterocycles. The molecule has 1 aliphatic rings. The van der Waals surface area contributed by atoms with Gasteiger partial charge in [0.1, 0.15) is 5.15 Å². The van der Waals surface area contributed by atoms with Crippen molar-refractivity contribution in [2.24, 2.45) is 0 Å². The molecule has 2 rings (SSSR count). The van der Waals surface area contributed by atoms with E-state index in [0.717, 1.165) is 0 Å². The van der Waals surface area contributed by atoms with Crippen LogP contribution in [0, 0.1) is 0 Å². The average Bonchev–Trinajstić information content (AvgIpc) is 2.29. The molecule has 1 unspecified atom stereocenters. The molecule has 0 bridgehead atoms. The molecule has 1 aliphatic heterocycles. The maximum Gasteiger partial charge on any atom is 0.258 e. The Morgan fingerprint density at radius 2 is 2.35 bits per heavy atom. The van der Waals surface area contributed by atoms with E-state index in [-0.39, 0.29) is 27.9 Å². The fraction of sp³-hybridized carbons (Fsp3) is 0.500. The standard InChI is InChI=1S/C10H11Cl2N3O2/c1-6-5-17-3-2-15(6)9(16)7-4-13-10(12)14-8(7)11/h4,6H,2-3,5H2,1H3. The summed E-state index contributed by atoms with van der Waals surface area (Å²) < 4.78 is 5.27. The fourth-order valence-electron chi connectivity index (χ4n) is 1.67. The Kier molecular flexibility index (Phi) is 3.81. The molecular formula is C10H11Cl2N3O2. The molecule has 0 saturated carbocycles. The van der Waals surface area contributed by atoms with Crippen molar-refractivity contribution in [3.63, 3.8) is 0 Å². The normalized spacial score (nSPS) is 20.4. The van der Waals surface area contributed by atoms with Crippen LogP contribution in [0.1, 0.15) is 17.3 Å². The van der Waals surface area contributed by atoms with Gasteiger partial charge in [-0.25, -0.2) is 9.97 Å². The van der Waals surface area contributed by atoms with Gasteiger partial charge in [-0.05, 0) is 18.5 Å². The van der Waals surface area contributed by atoms with Crippen molar-refractivity contribution < 1.29 is 9.53 Å². The Bertz CT molecular complexity index is 442. The Balaban J connectivity index is 2.24. The zero-order valence-corrected chi connectivity index (χ0v) is 10.7. The molecule has 1 fully saturated rings. The molecule has 5 nitrogen and oxygen atoms in total. The van der Waals surface area contributed by atoms with Gasteiger partial charge in [-0.3, -0.25) is 4.79 Å². The third kappa shape index (κ3) is 2.68. The molecule has 1 saturated heterocycles. The van der Waals surface area contributed by atoms with Gasteiger partial charge < -0.3 is 9.64 Å². The molecule has 1 atom stereocenters. The second-order valence-electron chi connectivity index (χ2n) is 3.77. The zero-order chi connectivity index (χ0) is 12.4. The molecule has 0 aromatic carbocycles. The summed E-state index contributed by atoms with van der Waals surface area (Å²) in [6, 6.07) is 0.0167. The number of carbonyl (C=O) groups is 1. The third-order valence-electron chi connectivity index (χ3n) is 2.57. The number of rotatable bonds is 1. The van der Waals surface area contributed by atoms with E-state index < -0.39 is 0 Å². The van der Waals surface area contributed by atoms with Crippen LogP contribution >= 0.6 is 23.2 Å². The molecule has 7 heteroatoms. The Morgan fingerprint density at radius 1 is 1.59 bits per heavy atom. The molecular weight excluding hydrogens is 265 g/mol. The van der Waals surface area contributed by atoms with Gasteiger partial charge in [-0.2, -0.15) is 0 Å². The van der Waals surface area contributed by atoms with Crippen molar-refractivity contribution in [1.29, 1.82) is 0 Å². The van der Waals surface area contributed by atoms with Crippen LogP contribution in [0.3, 0.4) is 0 Å². The first kappa shape index (κ1) is 12.5. The summed E-state index contributed by atoms with van der Waals surface area (Å²) in [5, 5.41) is 0.107. The van der Waals surface area contributed by atoms with Crippen molar-refractivity contribution in [3.05, 3.63) is 22.2 Å². The molecule has 0 aliphatic carbocycles. The van der Waals surface area contributed by atoms with Crippen molar-refractivity contribution >= 4 is 29.1 Å². The topological polar surface area (TPSA) is 55.3 Å². The number of nitrogens with zero attached hydrogens (tertiary/aromatic N) is 3. The predicted molar refractivity (Wildman–Crippen MR) is 63.4 cm³/mol. The van der Waals surface area contributed by atoms with Gasteiger partial charge in [0.15, 0.2) is 0 Å². The summed E-state index contributed by atoms with van der Waals surface area (Å²) in [5.41, 5.74) is 0.268. The number of ether oxygens (including phenoxy) is 1. The minimum atomic E-state index is -0.192. The molecule has 0 spiro atoms. The van der Waals surface area contributed by atoms with Crippen LogP contribution in [-0.2, 0) is 4.74 Å². The number of hydrogen-bond acceptors (Lipinski definition) is 4. The van der Waals surface area contributed by atoms with Crippen LogP contribution in [0.25, 0.3) is 0 Å². The van der Waals surface area contributed by atoms with E-state index in [1.165, 1.54) is 6.20 Å². The van der Waals surface area contributed by atoms with Crippen molar-refractivity contribution in [2.45, 2.75) is 13.0 Å². The van der Waals surface area contributed by atoms with Crippen molar-refractivity contribution in [3.8, 4) is 0 Å². The second-order valence-corrected chi connectivity index (χ2v) is 4.46. The lowest BCUT2D eigenvalue weighted by Gasteiger charge is -2.33. The highest BCUT2D eigenvalue weighted by Crippen LogP contribution is 2.18. The van der Waals surface area contributed by atoms with Gasteiger partial charge in [0.2, 0.25) is 5.28 Å². The highest BCUT2D eigenvalue weighted by molar-refractivity contribution is 6.34. The maximum absolute atomic E-state index is 12.2. The molecule has 17 heavy (non-hydrogen) atoms. The SMILES string of the molecule is CC1COCCN1C(=O)c1cnc(Cl)nc1Cl. The van der Waals surface area contributed by atoms with E-state index in [1.807, 2.05) is 6.92 Å². The van der Waals surface area contributed by atoms with Gasteiger partial charge >= 0.3 is 0 Å². The molecule has 0 radical (unpaired) electrons. The Hall–Kier alpha value is -0.910. The molecule has 1 aromatic heterocycles. The van der Waals surface area contributed by atoms with Crippen LogP contribution in [0.4, 0.5) is 0 Å². The largest absolute Gasteiger partial charge is 0.377 e. The number of halogens is 2. The van der Waals surface area contributed by atoms with Crippen LogP contribution in [0.5, 0.6) is 0 Å². The monoisotopic (exact) mass is 275 g/mol. The summed E-state index contributed by atoms with van der Waals surface area (Å²) in [6.07, 6.45) is 1.35. The highest BCUT2D eigenvalue weighted by atomic mass is 35.5. The first-order chi connectivity index (χ1) is 8.09. The fourth-order valence-corrected chi connectivity index (χ4v) is 2.05. The Morgan fingerprint density at radius 3 is 3.00 bits per heavy atom. The number of aromatic nitrogens is 2. The molecule has 0 N–H and O–H groups in total. The van der Waals surface area contributed by atoms with E-state index >= 15 is 0 Å². The summed E-state index contributed by atoms with van der Waals surface area (Å²) >= 11 is 11.5. The molecule has 1 aromatic rings. The summed E-state index contributed by atoms with van der Waals surface area (Å²) in [4.78, 5) is 21.4. The lowest BCUT2D eigenvalue weighted by molar-refractivity contribution is 0.00356. The number of hydrogen-bond donors (Lipinski definition) is 0. The average molecular weight is 276 g/mol. The molecule has 1 amide bonds. The van der Waals surface area contributed by atoms with Gasteiger partial charge in [-0.1, -0.05) is 11.6 Å². The summed E-state index contributed by atoms with van der Waals surface area (Å²) in [7, 11) is 0. The van der Waals surface area contributed by atoms with Gasteiger partial charge in [0.05, 0.1) is 24.8 Å². The van der Waals surface area contributed by atoms with Crippen molar-refractivity contribution in [1.82, 2.24) is 14.9 Å². The number of carbonyl (C=O) groups excluding carboxylic acids is 1. The smallest absolute Gasteiger partial charge is 0.258 e. The zero-order valence-electron chi connectivity index (χ0n) is 9.19. The van der Waals surface area contributed by atoms with Crippen molar-refractivity contribution in [2.75, 3.05) is 19.8 Å². The van der Waals surface area contributed by atoms with Crippen LogP contribution in [0.15, 0.2) is 6.20 Å². The van der Waals surface area contributed by atoms with Crippen LogP contribution in [0.2, 0.25) is 10.4 Å². The van der Waals surface area contributed by atoms with Gasteiger partial charge in [-0.15, -0.1) is 0 Å². The van der Waals surface area contributed by atoms with E-state index in [2.05, 4.69) is 9.97 Å². The summed E-state index contributed by atoms with van der Waals surface area (Å²) in [6.45, 7) is 3.51. The summed E-state index contributed by atoms with van der Waals surface area (Å²) in [5.74, 6) is -0.192. The first-order valence-corrected chi connectivity index (χ1v) is 5.92. The Labute approximate surface area is 109 Å². The van der Waals surface area contributed by atoms with Gasteiger partial charge in [0, 0.05) is 12.7 Å². The van der Waals surface area contributed by atoms with E-state index in [9.17, 15) is 4.79 Å². The van der Waals surface area contributed by atoms with Crippen LogP contribution in [-0.4, -0.2) is 46.6 Å². The van der Waals surface area contributed by atoms with E-state index in [1.54, 1.807) is 4.90 Å². The number of amides is 1. The van der Waals surface area contributed by atoms with E-state index in [4.69, 9.17) is 27.9 Å².